The van der Waals surface area contributed by atoms with Gasteiger partial charge in [0, 0.05) is 6.07 Å². The maximum atomic E-state index is 13.2. The minimum atomic E-state index is -0.271. The van der Waals surface area contributed by atoms with Crippen molar-refractivity contribution in [2.24, 2.45) is 0 Å². The van der Waals surface area contributed by atoms with Gasteiger partial charge in [-0.15, -0.1) is 0 Å². The number of nitrogens with zero attached hydrogens (tertiary/aromatic N) is 1. The van der Waals surface area contributed by atoms with E-state index >= 15 is 0 Å². The molecular weight excluding hydrogens is 299 g/mol. The first-order valence-corrected chi connectivity index (χ1v) is 7.02. The fourth-order valence-electron chi connectivity index (χ4n) is 1.79. The number of hydrogen-bond donors (Lipinski definition) is 1. The van der Waals surface area contributed by atoms with E-state index < -0.39 is 0 Å². The van der Waals surface area contributed by atoms with E-state index in [0.29, 0.717) is 21.6 Å². The van der Waals surface area contributed by atoms with Gasteiger partial charge in [0.05, 0.1) is 28.0 Å². The number of benzene rings is 2. The predicted molar refractivity (Wildman–Crippen MR) is 80.9 cm³/mol. The number of thiazole rings is 1. The molecule has 3 aromatic rings. The Morgan fingerprint density at radius 3 is 2.90 bits per heavy atom. The van der Waals surface area contributed by atoms with Crippen LogP contribution in [0.3, 0.4) is 0 Å². The first-order chi connectivity index (χ1) is 9.65. The Morgan fingerprint density at radius 2 is 2.10 bits per heavy atom. The molecule has 0 saturated heterocycles. The quantitative estimate of drug-likeness (QED) is 0.751. The molecule has 0 fully saturated rings. The van der Waals surface area contributed by atoms with Crippen molar-refractivity contribution in [3.05, 3.63) is 47.2 Å². The van der Waals surface area contributed by atoms with Crippen LogP contribution in [0.15, 0.2) is 36.4 Å². The third-order valence-electron chi connectivity index (χ3n) is 2.77. The van der Waals surface area contributed by atoms with Gasteiger partial charge in [0.15, 0.2) is 5.13 Å². The molecule has 0 bridgehead atoms. The average Bonchev–Trinajstić information content (AvgIpc) is 2.82. The van der Waals surface area contributed by atoms with Gasteiger partial charge in [-0.2, -0.15) is 0 Å². The van der Waals surface area contributed by atoms with Crippen LogP contribution in [0.25, 0.3) is 10.2 Å². The van der Waals surface area contributed by atoms with Gasteiger partial charge in [-0.1, -0.05) is 22.9 Å². The topological polar surface area (TPSA) is 34.1 Å². The van der Waals surface area contributed by atoms with Crippen LogP contribution in [0.4, 0.5) is 15.2 Å². The first-order valence-electron chi connectivity index (χ1n) is 5.82. The highest BCUT2D eigenvalue weighted by atomic mass is 35.5. The Bertz CT molecular complexity index is 775. The minimum Gasteiger partial charge on any atom is -0.497 e. The van der Waals surface area contributed by atoms with Crippen molar-refractivity contribution in [2.75, 3.05) is 12.4 Å². The largest absolute Gasteiger partial charge is 0.497 e. The Labute approximate surface area is 124 Å². The van der Waals surface area contributed by atoms with E-state index in [1.807, 2.05) is 0 Å². The molecule has 0 saturated carbocycles. The summed E-state index contributed by atoms with van der Waals surface area (Å²) < 4.78 is 19.1. The minimum absolute atomic E-state index is 0.271. The van der Waals surface area contributed by atoms with Crippen molar-refractivity contribution in [1.29, 1.82) is 0 Å². The van der Waals surface area contributed by atoms with E-state index in [4.69, 9.17) is 16.3 Å². The maximum Gasteiger partial charge on any atom is 0.188 e. The molecule has 0 amide bonds. The van der Waals surface area contributed by atoms with Gasteiger partial charge in [-0.25, -0.2) is 9.37 Å². The lowest BCUT2D eigenvalue weighted by atomic mass is 10.3. The number of rotatable bonds is 3. The zero-order valence-electron chi connectivity index (χ0n) is 10.5. The summed E-state index contributed by atoms with van der Waals surface area (Å²) in [7, 11) is 1.59. The Morgan fingerprint density at radius 1 is 1.25 bits per heavy atom. The second-order valence-corrected chi connectivity index (χ2v) is 5.54. The maximum absolute atomic E-state index is 13.2. The van der Waals surface area contributed by atoms with Gasteiger partial charge in [0.25, 0.3) is 0 Å². The van der Waals surface area contributed by atoms with Gasteiger partial charge >= 0.3 is 0 Å². The molecule has 3 nitrogen and oxygen atoms in total. The van der Waals surface area contributed by atoms with Crippen LogP contribution < -0.4 is 10.1 Å². The molecule has 2 aromatic carbocycles. The summed E-state index contributed by atoms with van der Waals surface area (Å²) in [6, 6.07) is 9.82. The van der Waals surface area contributed by atoms with Gasteiger partial charge in [0.2, 0.25) is 0 Å². The molecule has 0 aliphatic carbocycles. The predicted octanol–water partition coefficient (Wildman–Crippen LogP) is 4.84. The smallest absolute Gasteiger partial charge is 0.188 e. The summed E-state index contributed by atoms with van der Waals surface area (Å²) >= 11 is 7.49. The molecule has 0 radical (unpaired) electrons. The third kappa shape index (κ3) is 2.55. The lowest BCUT2D eigenvalue weighted by Gasteiger charge is -2.07. The molecule has 1 aromatic heterocycles. The van der Waals surface area contributed by atoms with E-state index in [1.165, 1.54) is 23.5 Å². The van der Waals surface area contributed by atoms with E-state index in [2.05, 4.69) is 10.3 Å². The molecule has 0 aliphatic heterocycles. The highest BCUT2D eigenvalue weighted by Gasteiger charge is 2.08. The molecule has 0 atom stereocenters. The van der Waals surface area contributed by atoms with E-state index in [-0.39, 0.29) is 5.82 Å². The molecule has 0 spiro atoms. The fourth-order valence-corrected chi connectivity index (χ4v) is 2.86. The van der Waals surface area contributed by atoms with Crippen LogP contribution >= 0.6 is 22.9 Å². The zero-order valence-corrected chi connectivity index (χ0v) is 12.1. The van der Waals surface area contributed by atoms with Gasteiger partial charge < -0.3 is 10.1 Å². The van der Waals surface area contributed by atoms with Gasteiger partial charge in [0.1, 0.15) is 11.6 Å². The molecule has 0 aliphatic rings. The monoisotopic (exact) mass is 308 g/mol. The second kappa shape index (κ2) is 5.26. The Hall–Kier alpha value is -1.85. The molecule has 1 heterocycles. The number of ether oxygens (including phenoxy) is 1. The number of halogens is 2. The van der Waals surface area contributed by atoms with Crippen LogP contribution in [0.2, 0.25) is 5.02 Å². The Balaban J connectivity index is 1.96. The summed E-state index contributed by atoms with van der Waals surface area (Å²) in [5.41, 5.74) is 1.45. The normalized spacial score (nSPS) is 10.8. The fraction of sp³-hybridized carbons (Fsp3) is 0.0714. The van der Waals surface area contributed by atoms with Crippen molar-refractivity contribution < 1.29 is 9.13 Å². The van der Waals surface area contributed by atoms with Crippen molar-refractivity contribution in [3.8, 4) is 5.75 Å². The number of hydrogen-bond acceptors (Lipinski definition) is 4. The molecule has 1 N–H and O–H groups in total. The van der Waals surface area contributed by atoms with Gasteiger partial charge in [-0.05, 0) is 30.3 Å². The summed E-state index contributed by atoms with van der Waals surface area (Å²) in [4.78, 5) is 4.39. The summed E-state index contributed by atoms with van der Waals surface area (Å²) in [5, 5.41) is 4.35. The lowest BCUT2D eigenvalue weighted by Crippen LogP contribution is -1.91. The van der Waals surface area contributed by atoms with Crippen LogP contribution in [0, 0.1) is 5.82 Å². The number of methoxy groups -OCH3 is 1. The van der Waals surface area contributed by atoms with Crippen LogP contribution in [-0.2, 0) is 0 Å². The second-order valence-electron chi connectivity index (χ2n) is 4.10. The zero-order chi connectivity index (χ0) is 14.1. The SMILES string of the molecule is COc1ccc(Cl)c(Nc2nc3ccc(F)cc3s2)c1. The van der Waals surface area contributed by atoms with Crippen LogP contribution in [-0.4, -0.2) is 12.1 Å². The first kappa shape index (κ1) is 13.1. The lowest BCUT2D eigenvalue weighted by molar-refractivity contribution is 0.415. The number of anilines is 2. The molecule has 102 valence electrons. The van der Waals surface area contributed by atoms with E-state index in [0.717, 1.165) is 10.2 Å². The van der Waals surface area contributed by atoms with Crippen molar-refractivity contribution >= 4 is 44.0 Å². The summed E-state index contributed by atoms with van der Waals surface area (Å²) in [6.45, 7) is 0. The molecule has 20 heavy (non-hydrogen) atoms. The van der Waals surface area contributed by atoms with Crippen molar-refractivity contribution in [1.82, 2.24) is 4.98 Å². The number of nitrogens with one attached hydrogen (secondary N) is 1. The van der Waals surface area contributed by atoms with E-state index in [1.54, 1.807) is 31.4 Å². The van der Waals surface area contributed by atoms with Gasteiger partial charge in [-0.3, -0.25) is 0 Å². The van der Waals surface area contributed by atoms with E-state index in [9.17, 15) is 4.39 Å². The molecule has 3 rings (SSSR count). The molecule has 6 heteroatoms. The number of fused-ring (bicyclic) bond motifs is 1. The Kier molecular flexibility index (Phi) is 3.46. The summed E-state index contributed by atoms with van der Waals surface area (Å²) in [6.07, 6.45) is 0. The van der Waals surface area contributed by atoms with Crippen LogP contribution in [0.5, 0.6) is 5.75 Å². The van der Waals surface area contributed by atoms with Crippen molar-refractivity contribution in [2.45, 2.75) is 0 Å². The molecular formula is C14H10ClFN2OS. The standard InChI is InChI=1S/C14H10ClFN2OS/c1-19-9-3-4-10(15)12(7-9)18-14-17-11-5-2-8(16)6-13(11)20-14/h2-7H,1H3,(H,17,18). The third-order valence-corrected chi connectivity index (χ3v) is 4.03. The highest BCUT2D eigenvalue weighted by Crippen LogP contribution is 2.33. The number of aromatic nitrogens is 1. The average molecular weight is 309 g/mol. The van der Waals surface area contributed by atoms with Crippen molar-refractivity contribution in [3.63, 3.8) is 0 Å². The highest BCUT2D eigenvalue weighted by molar-refractivity contribution is 7.22. The summed E-state index contributed by atoms with van der Waals surface area (Å²) in [5.74, 6) is 0.427. The van der Waals surface area contributed by atoms with Crippen LogP contribution in [0.1, 0.15) is 0 Å². The molecule has 0 unspecified atom stereocenters.